The SMILES string of the molecule is COCCc1c(O)cc2c(c1O)C(=O)c1c(O)cc(O)cc1C2=O. The van der Waals surface area contributed by atoms with E-state index in [1.54, 1.807) is 0 Å². The molecule has 0 aliphatic heterocycles. The van der Waals surface area contributed by atoms with Crippen LogP contribution in [0.1, 0.15) is 37.4 Å². The lowest BCUT2D eigenvalue weighted by Gasteiger charge is -2.21. The summed E-state index contributed by atoms with van der Waals surface area (Å²) in [7, 11) is 1.45. The quantitative estimate of drug-likeness (QED) is 0.573. The molecule has 2 aromatic rings. The lowest BCUT2D eigenvalue weighted by molar-refractivity contribution is 0.0973. The zero-order valence-electron chi connectivity index (χ0n) is 12.7. The molecular formula is C17H14O7. The monoisotopic (exact) mass is 330 g/mol. The van der Waals surface area contributed by atoms with Crippen LogP contribution in [0.2, 0.25) is 0 Å². The van der Waals surface area contributed by atoms with Gasteiger partial charge in [0.2, 0.25) is 5.78 Å². The van der Waals surface area contributed by atoms with E-state index < -0.39 is 23.1 Å². The van der Waals surface area contributed by atoms with E-state index in [1.807, 2.05) is 0 Å². The minimum atomic E-state index is -0.756. The summed E-state index contributed by atoms with van der Waals surface area (Å²) in [5.41, 5.74) is -0.859. The highest BCUT2D eigenvalue weighted by atomic mass is 16.5. The van der Waals surface area contributed by atoms with Gasteiger partial charge in [0.25, 0.3) is 0 Å². The summed E-state index contributed by atoms with van der Waals surface area (Å²) in [5.74, 6) is -3.22. The number of aromatic hydroxyl groups is 4. The topological polar surface area (TPSA) is 124 Å². The van der Waals surface area contributed by atoms with Gasteiger partial charge in [-0.1, -0.05) is 0 Å². The number of hydrogen-bond acceptors (Lipinski definition) is 7. The van der Waals surface area contributed by atoms with Crippen molar-refractivity contribution in [1.29, 1.82) is 0 Å². The van der Waals surface area contributed by atoms with Crippen LogP contribution in [0.15, 0.2) is 18.2 Å². The first kappa shape index (κ1) is 15.8. The Hall–Kier alpha value is -3.06. The van der Waals surface area contributed by atoms with Crippen LogP contribution in [-0.2, 0) is 11.2 Å². The van der Waals surface area contributed by atoms with Crippen molar-refractivity contribution in [3.63, 3.8) is 0 Å². The molecule has 0 saturated carbocycles. The van der Waals surface area contributed by atoms with Crippen LogP contribution in [-0.4, -0.2) is 45.7 Å². The number of benzene rings is 2. The summed E-state index contributed by atoms with van der Waals surface area (Å²) >= 11 is 0. The smallest absolute Gasteiger partial charge is 0.201 e. The number of ketones is 2. The van der Waals surface area contributed by atoms with Gasteiger partial charge in [-0.05, 0) is 12.1 Å². The summed E-state index contributed by atoms with van der Waals surface area (Å²) in [5, 5.41) is 39.9. The third-order valence-electron chi connectivity index (χ3n) is 3.98. The molecule has 4 N–H and O–H groups in total. The summed E-state index contributed by atoms with van der Waals surface area (Å²) < 4.78 is 4.89. The van der Waals surface area contributed by atoms with E-state index in [1.165, 1.54) is 7.11 Å². The molecule has 0 spiro atoms. The molecule has 24 heavy (non-hydrogen) atoms. The van der Waals surface area contributed by atoms with Crippen molar-refractivity contribution in [1.82, 2.24) is 0 Å². The number of carbonyl (C=O) groups excluding carboxylic acids is 2. The highest BCUT2D eigenvalue weighted by Gasteiger charge is 2.36. The van der Waals surface area contributed by atoms with Crippen LogP contribution in [0, 0.1) is 0 Å². The van der Waals surface area contributed by atoms with Crippen molar-refractivity contribution >= 4 is 11.6 Å². The van der Waals surface area contributed by atoms with Gasteiger partial charge in [-0.2, -0.15) is 0 Å². The first-order valence-electron chi connectivity index (χ1n) is 7.09. The normalized spacial score (nSPS) is 12.9. The summed E-state index contributed by atoms with van der Waals surface area (Å²) in [6.07, 6.45) is 0.136. The van der Waals surface area contributed by atoms with Crippen molar-refractivity contribution in [2.75, 3.05) is 13.7 Å². The Morgan fingerprint density at radius 2 is 1.54 bits per heavy atom. The predicted octanol–water partition coefficient (Wildman–Crippen LogP) is 1.47. The molecule has 7 heteroatoms. The number of rotatable bonds is 3. The molecule has 0 unspecified atom stereocenters. The van der Waals surface area contributed by atoms with E-state index in [0.717, 1.165) is 18.2 Å². The van der Waals surface area contributed by atoms with Crippen LogP contribution in [0.4, 0.5) is 0 Å². The van der Waals surface area contributed by atoms with E-state index >= 15 is 0 Å². The van der Waals surface area contributed by atoms with E-state index in [0.29, 0.717) is 0 Å². The van der Waals surface area contributed by atoms with Gasteiger partial charge < -0.3 is 25.2 Å². The zero-order chi connectivity index (χ0) is 17.6. The molecule has 3 rings (SSSR count). The van der Waals surface area contributed by atoms with Gasteiger partial charge in [0.15, 0.2) is 5.78 Å². The second kappa shape index (κ2) is 5.54. The van der Waals surface area contributed by atoms with Gasteiger partial charge in [-0.15, -0.1) is 0 Å². The molecular weight excluding hydrogens is 316 g/mol. The average Bonchev–Trinajstić information content (AvgIpc) is 2.51. The Bertz CT molecular complexity index is 883. The maximum atomic E-state index is 12.7. The fraction of sp³-hybridized carbons (Fsp3) is 0.176. The maximum Gasteiger partial charge on any atom is 0.201 e. The van der Waals surface area contributed by atoms with Crippen LogP contribution in [0.25, 0.3) is 0 Å². The van der Waals surface area contributed by atoms with Crippen molar-refractivity contribution in [2.45, 2.75) is 6.42 Å². The number of methoxy groups -OCH3 is 1. The predicted molar refractivity (Wildman–Crippen MR) is 82.0 cm³/mol. The lowest BCUT2D eigenvalue weighted by atomic mass is 9.81. The van der Waals surface area contributed by atoms with Gasteiger partial charge >= 0.3 is 0 Å². The highest BCUT2D eigenvalue weighted by Crippen LogP contribution is 2.42. The summed E-state index contributed by atoms with van der Waals surface area (Å²) in [4.78, 5) is 25.2. The van der Waals surface area contributed by atoms with Gasteiger partial charge in [0.1, 0.15) is 23.0 Å². The van der Waals surface area contributed by atoms with Crippen LogP contribution >= 0.6 is 0 Å². The number of carbonyl (C=O) groups is 2. The fourth-order valence-electron chi connectivity index (χ4n) is 2.86. The molecule has 124 valence electrons. The number of phenols is 4. The summed E-state index contributed by atoms with van der Waals surface area (Å²) in [6.45, 7) is 0.192. The van der Waals surface area contributed by atoms with E-state index in [2.05, 4.69) is 0 Å². The Morgan fingerprint density at radius 3 is 2.21 bits per heavy atom. The molecule has 0 bridgehead atoms. The molecule has 0 radical (unpaired) electrons. The Kier molecular flexibility index (Phi) is 3.65. The Balaban J connectivity index is 2.27. The minimum Gasteiger partial charge on any atom is -0.508 e. The third kappa shape index (κ3) is 2.17. The second-order valence-electron chi connectivity index (χ2n) is 5.43. The average molecular weight is 330 g/mol. The molecule has 7 nitrogen and oxygen atoms in total. The minimum absolute atomic E-state index is 0.0819. The van der Waals surface area contributed by atoms with Crippen LogP contribution < -0.4 is 0 Å². The van der Waals surface area contributed by atoms with E-state index in [4.69, 9.17) is 4.74 Å². The molecule has 1 aliphatic rings. The number of fused-ring (bicyclic) bond motifs is 2. The number of phenolic OH excluding ortho intramolecular Hbond substituents is 4. The zero-order valence-corrected chi connectivity index (χ0v) is 12.7. The van der Waals surface area contributed by atoms with Crippen LogP contribution in [0.5, 0.6) is 23.0 Å². The van der Waals surface area contributed by atoms with Gasteiger partial charge in [-0.3, -0.25) is 9.59 Å². The van der Waals surface area contributed by atoms with E-state index in [9.17, 15) is 30.0 Å². The molecule has 0 aromatic heterocycles. The molecule has 0 fully saturated rings. The molecule has 0 atom stereocenters. The Morgan fingerprint density at radius 1 is 0.875 bits per heavy atom. The molecule has 0 saturated heterocycles. The fourth-order valence-corrected chi connectivity index (χ4v) is 2.86. The first-order valence-corrected chi connectivity index (χ1v) is 7.09. The lowest BCUT2D eigenvalue weighted by Crippen LogP contribution is -2.22. The number of ether oxygens (including phenoxy) is 1. The van der Waals surface area contributed by atoms with Crippen molar-refractivity contribution in [2.24, 2.45) is 0 Å². The Labute approximate surface area is 136 Å². The van der Waals surface area contributed by atoms with E-state index in [-0.39, 0.29) is 52.3 Å². The van der Waals surface area contributed by atoms with Gasteiger partial charge in [0, 0.05) is 36.3 Å². The van der Waals surface area contributed by atoms with Crippen molar-refractivity contribution in [3.8, 4) is 23.0 Å². The molecule has 0 heterocycles. The second-order valence-corrected chi connectivity index (χ2v) is 5.43. The number of hydrogen-bond donors (Lipinski definition) is 4. The van der Waals surface area contributed by atoms with Gasteiger partial charge in [0.05, 0.1) is 17.7 Å². The first-order chi connectivity index (χ1) is 11.4. The third-order valence-corrected chi connectivity index (χ3v) is 3.98. The molecule has 1 aliphatic carbocycles. The molecule has 2 aromatic carbocycles. The van der Waals surface area contributed by atoms with Crippen molar-refractivity contribution in [3.05, 3.63) is 46.0 Å². The van der Waals surface area contributed by atoms with Crippen LogP contribution in [0.3, 0.4) is 0 Å². The van der Waals surface area contributed by atoms with Crippen molar-refractivity contribution < 1.29 is 34.8 Å². The largest absolute Gasteiger partial charge is 0.508 e. The standard InChI is InChI=1S/C17H14O7/c1-24-3-2-8-11(19)6-10-14(16(8)22)17(23)13-9(15(10)21)4-7(18)5-12(13)20/h4-6,18-20,22H,2-3H2,1H3. The maximum absolute atomic E-state index is 12.7. The summed E-state index contributed by atoms with van der Waals surface area (Å²) in [6, 6.07) is 3.10. The highest BCUT2D eigenvalue weighted by molar-refractivity contribution is 6.30. The molecule has 0 amide bonds. The van der Waals surface area contributed by atoms with Gasteiger partial charge in [-0.25, -0.2) is 0 Å².